The first kappa shape index (κ1) is 17.8. The molecule has 0 aromatic rings. The molecule has 0 aromatic heterocycles. The standard InChI is InChI=1S/C16H30N2O3/c1-15(2,13(19)20)16(3,4)17-14(21)18(5)12-10-8-6-7-9-11-12/h12H,6-11H2,1-5H3,(H,17,21)(H,19,20). The van der Waals surface area contributed by atoms with Gasteiger partial charge in [0, 0.05) is 13.1 Å². The number of nitrogens with zero attached hydrogens (tertiary/aromatic N) is 1. The SMILES string of the molecule is CN(C(=O)NC(C)(C)C(C)(C)C(=O)O)C1CCCCCC1. The van der Waals surface area contributed by atoms with Gasteiger partial charge in [0.2, 0.25) is 0 Å². The lowest BCUT2D eigenvalue weighted by atomic mass is 9.74. The Morgan fingerprint density at radius 1 is 1.05 bits per heavy atom. The van der Waals surface area contributed by atoms with Gasteiger partial charge in [-0.05, 0) is 40.5 Å². The number of carboxylic acid groups (broad SMARTS) is 1. The van der Waals surface area contributed by atoms with Gasteiger partial charge in [-0.15, -0.1) is 0 Å². The van der Waals surface area contributed by atoms with E-state index >= 15 is 0 Å². The molecule has 0 radical (unpaired) electrons. The van der Waals surface area contributed by atoms with Gasteiger partial charge in [-0.3, -0.25) is 4.79 Å². The molecule has 0 heterocycles. The molecule has 0 atom stereocenters. The monoisotopic (exact) mass is 298 g/mol. The lowest BCUT2D eigenvalue weighted by molar-refractivity contribution is -0.150. The summed E-state index contributed by atoms with van der Waals surface area (Å²) in [6.07, 6.45) is 6.87. The largest absolute Gasteiger partial charge is 0.481 e. The Hall–Kier alpha value is -1.26. The summed E-state index contributed by atoms with van der Waals surface area (Å²) in [7, 11) is 1.81. The predicted octanol–water partition coefficient (Wildman–Crippen LogP) is 3.24. The zero-order chi connectivity index (χ0) is 16.3. The van der Waals surface area contributed by atoms with Crippen molar-refractivity contribution in [3.8, 4) is 0 Å². The van der Waals surface area contributed by atoms with Gasteiger partial charge >= 0.3 is 12.0 Å². The van der Waals surface area contributed by atoms with Crippen molar-refractivity contribution in [1.29, 1.82) is 0 Å². The molecule has 1 fully saturated rings. The summed E-state index contributed by atoms with van der Waals surface area (Å²) < 4.78 is 0. The van der Waals surface area contributed by atoms with Crippen LogP contribution >= 0.6 is 0 Å². The Morgan fingerprint density at radius 2 is 1.52 bits per heavy atom. The molecular formula is C16H30N2O3. The van der Waals surface area contributed by atoms with E-state index in [0.29, 0.717) is 0 Å². The fraction of sp³-hybridized carbons (Fsp3) is 0.875. The number of carbonyl (C=O) groups is 2. The third-order valence-electron chi connectivity index (χ3n) is 5.21. The Labute approximate surface area is 128 Å². The maximum absolute atomic E-state index is 12.5. The second kappa shape index (κ2) is 6.67. The van der Waals surface area contributed by atoms with Gasteiger partial charge in [0.1, 0.15) is 0 Å². The summed E-state index contributed by atoms with van der Waals surface area (Å²) >= 11 is 0. The van der Waals surface area contributed by atoms with Gasteiger partial charge in [0.15, 0.2) is 0 Å². The maximum Gasteiger partial charge on any atom is 0.317 e. The first-order valence-corrected chi connectivity index (χ1v) is 7.88. The highest BCUT2D eigenvalue weighted by Gasteiger charge is 2.45. The topological polar surface area (TPSA) is 69.6 Å². The molecule has 1 aliphatic rings. The van der Waals surface area contributed by atoms with E-state index in [1.165, 1.54) is 12.8 Å². The number of amides is 2. The highest BCUT2D eigenvalue weighted by atomic mass is 16.4. The van der Waals surface area contributed by atoms with Crippen molar-refractivity contribution in [2.45, 2.75) is 77.8 Å². The fourth-order valence-electron chi connectivity index (χ4n) is 2.59. The van der Waals surface area contributed by atoms with Crippen LogP contribution in [0.5, 0.6) is 0 Å². The molecule has 0 spiro atoms. The number of hydrogen-bond acceptors (Lipinski definition) is 2. The van der Waals surface area contributed by atoms with Gasteiger partial charge in [0.05, 0.1) is 11.0 Å². The minimum atomic E-state index is -1.03. The summed E-state index contributed by atoms with van der Waals surface area (Å²) in [5.41, 5.74) is -1.86. The molecule has 5 nitrogen and oxygen atoms in total. The number of carbonyl (C=O) groups excluding carboxylic acids is 1. The van der Waals surface area contributed by atoms with Crippen molar-refractivity contribution in [3.05, 3.63) is 0 Å². The average Bonchev–Trinajstić information content (AvgIpc) is 2.65. The molecular weight excluding hydrogens is 268 g/mol. The van der Waals surface area contributed by atoms with E-state index < -0.39 is 16.9 Å². The Balaban J connectivity index is 2.72. The molecule has 122 valence electrons. The fourth-order valence-corrected chi connectivity index (χ4v) is 2.59. The highest BCUT2D eigenvalue weighted by Crippen LogP contribution is 2.31. The lowest BCUT2D eigenvalue weighted by Crippen LogP contribution is -2.60. The van der Waals surface area contributed by atoms with Crippen molar-refractivity contribution in [2.75, 3.05) is 7.05 Å². The van der Waals surface area contributed by atoms with E-state index in [0.717, 1.165) is 25.7 Å². The van der Waals surface area contributed by atoms with Gasteiger partial charge in [-0.2, -0.15) is 0 Å². The quantitative estimate of drug-likeness (QED) is 0.783. The number of hydrogen-bond donors (Lipinski definition) is 2. The van der Waals surface area contributed by atoms with Crippen LogP contribution in [0.25, 0.3) is 0 Å². The van der Waals surface area contributed by atoms with Crippen molar-refractivity contribution >= 4 is 12.0 Å². The van der Waals surface area contributed by atoms with Crippen LogP contribution in [0.15, 0.2) is 0 Å². The van der Waals surface area contributed by atoms with Crippen LogP contribution < -0.4 is 5.32 Å². The number of rotatable bonds is 4. The molecule has 21 heavy (non-hydrogen) atoms. The Morgan fingerprint density at radius 3 is 1.95 bits per heavy atom. The molecule has 1 aliphatic carbocycles. The Bertz CT molecular complexity index is 383. The first-order valence-electron chi connectivity index (χ1n) is 7.88. The number of nitrogens with one attached hydrogen (secondary N) is 1. The van der Waals surface area contributed by atoms with Crippen LogP contribution in [0.3, 0.4) is 0 Å². The van der Waals surface area contributed by atoms with Crippen LogP contribution in [0.1, 0.15) is 66.2 Å². The molecule has 0 saturated heterocycles. The van der Waals surface area contributed by atoms with Crippen molar-refractivity contribution in [1.82, 2.24) is 10.2 Å². The van der Waals surface area contributed by atoms with Crippen LogP contribution in [0.2, 0.25) is 0 Å². The highest BCUT2D eigenvalue weighted by molar-refractivity contribution is 5.79. The summed E-state index contributed by atoms with van der Waals surface area (Å²) in [5.74, 6) is -0.912. The minimum absolute atomic E-state index is 0.179. The second-order valence-corrected chi connectivity index (χ2v) is 7.24. The van der Waals surface area contributed by atoms with E-state index in [1.54, 1.807) is 32.6 Å². The van der Waals surface area contributed by atoms with Crippen LogP contribution in [-0.2, 0) is 4.79 Å². The maximum atomic E-state index is 12.5. The average molecular weight is 298 g/mol. The van der Waals surface area contributed by atoms with Crippen molar-refractivity contribution < 1.29 is 14.7 Å². The number of urea groups is 1. The zero-order valence-electron chi connectivity index (χ0n) is 14.0. The zero-order valence-corrected chi connectivity index (χ0v) is 14.0. The third kappa shape index (κ3) is 4.11. The molecule has 2 N–H and O–H groups in total. The summed E-state index contributed by atoms with van der Waals surface area (Å²) in [6, 6.07) is 0.0810. The van der Waals surface area contributed by atoms with E-state index in [-0.39, 0.29) is 12.1 Å². The molecule has 1 rings (SSSR count). The predicted molar refractivity (Wildman–Crippen MR) is 83.3 cm³/mol. The van der Waals surface area contributed by atoms with E-state index in [4.69, 9.17) is 0 Å². The van der Waals surface area contributed by atoms with E-state index in [9.17, 15) is 14.7 Å². The molecule has 0 aromatic carbocycles. The smallest absolute Gasteiger partial charge is 0.317 e. The molecule has 0 unspecified atom stereocenters. The number of aliphatic carboxylic acids is 1. The summed E-state index contributed by atoms with van der Waals surface area (Å²) in [5, 5.41) is 12.3. The van der Waals surface area contributed by atoms with Crippen LogP contribution in [0, 0.1) is 5.41 Å². The van der Waals surface area contributed by atoms with Gasteiger partial charge in [0.25, 0.3) is 0 Å². The van der Waals surface area contributed by atoms with Crippen LogP contribution in [0.4, 0.5) is 4.79 Å². The molecule has 0 bridgehead atoms. The minimum Gasteiger partial charge on any atom is -0.481 e. The first-order chi connectivity index (χ1) is 9.59. The molecule has 1 saturated carbocycles. The molecule has 0 aliphatic heterocycles. The van der Waals surface area contributed by atoms with Crippen molar-refractivity contribution in [3.63, 3.8) is 0 Å². The molecule has 5 heteroatoms. The van der Waals surface area contributed by atoms with Crippen LogP contribution in [-0.4, -0.2) is 40.6 Å². The Kier molecular flexibility index (Phi) is 5.65. The summed E-state index contributed by atoms with van der Waals surface area (Å²) in [6.45, 7) is 6.81. The van der Waals surface area contributed by atoms with Gasteiger partial charge in [-0.1, -0.05) is 25.7 Å². The van der Waals surface area contributed by atoms with Gasteiger partial charge in [-0.25, -0.2) is 4.79 Å². The van der Waals surface area contributed by atoms with Crippen molar-refractivity contribution in [2.24, 2.45) is 5.41 Å². The van der Waals surface area contributed by atoms with E-state index in [2.05, 4.69) is 5.32 Å². The summed E-state index contributed by atoms with van der Waals surface area (Å²) in [4.78, 5) is 25.6. The normalized spacial score (nSPS) is 18.0. The van der Waals surface area contributed by atoms with Gasteiger partial charge < -0.3 is 15.3 Å². The number of carboxylic acids is 1. The third-order valence-corrected chi connectivity index (χ3v) is 5.21. The molecule has 2 amide bonds. The van der Waals surface area contributed by atoms with E-state index in [1.807, 2.05) is 7.05 Å². The lowest BCUT2D eigenvalue weighted by Gasteiger charge is -2.40. The second-order valence-electron chi connectivity index (χ2n) is 7.24.